The van der Waals surface area contributed by atoms with Gasteiger partial charge in [0.1, 0.15) is 5.60 Å². The quantitative estimate of drug-likeness (QED) is 0.467. The molecule has 0 unspecified atom stereocenters. The molecule has 0 aromatic heterocycles. The number of nitrogens with two attached hydrogens (primary N) is 2. The average molecular weight is 330 g/mol. The number of carbonyl (C=O) groups is 1. The summed E-state index contributed by atoms with van der Waals surface area (Å²) in [6, 6.07) is 4.12. The number of anilines is 2. The zero-order chi connectivity index (χ0) is 17.0. The first-order valence-corrected chi connectivity index (χ1v) is 8.17. The van der Waals surface area contributed by atoms with Gasteiger partial charge in [0.05, 0.1) is 16.3 Å². The number of hydrogen-bond donors (Lipinski definition) is 4. The third kappa shape index (κ3) is 6.19. The Bertz CT molecular complexity index is 638. The third-order valence-electron chi connectivity index (χ3n) is 2.46. The topological polar surface area (TPSA) is 137 Å². The van der Waals surface area contributed by atoms with Crippen LogP contribution in [-0.2, 0) is 14.8 Å². The molecular formula is C13H22N4O4S. The fourth-order valence-electron chi connectivity index (χ4n) is 1.54. The summed E-state index contributed by atoms with van der Waals surface area (Å²) < 4.78 is 27.6. The summed E-state index contributed by atoms with van der Waals surface area (Å²) in [6.07, 6.45) is -0.527. The molecule has 0 aliphatic heterocycles. The van der Waals surface area contributed by atoms with Gasteiger partial charge in [-0.3, -0.25) is 0 Å². The van der Waals surface area contributed by atoms with E-state index in [1.54, 1.807) is 20.8 Å². The predicted molar refractivity (Wildman–Crippen MR) is 85.0 cm³/mol. The molecule has 9 heteroatoms. The molecule has 0 aliphatic rings. The number of nitrogen functional groups attached to an aromatic ring is 1. The number of nitrogens with one attached hydrogen (secondary N) is 2. The van der Waals surface area contributed by atoms with E-state index < -0.39 is 21.7 Å². The SMILES string of the molecule is CC(C)(C)OC(=O)NCCNc1cc(S(N)(=O)=O)ccc1N. The summed E-state index contributed by atoms with van der Waals surface area (Å²) in [5, 5.41) is 10.6. The van der Waals surface area contributed by atoms with Crippen LogP contribution in [0.25, 0.3) is 0 Å². The molecular weight excluding hydrogens is 308 g/mol. The van der Waals surface area contributed by atoms with E-state index >= 15 is 0 Å². The molecule has 0 saturated carbocycles. The van der Waals surface area contributed by atoms with Gasteiger partial charge in [-0.05, 0) is 39.0 Å². The van der Waals surface area contributed by atoms with Gasteiger partial charge in [0.2, 0.25) is 10.0 Å². The van der Waals surface area contributed by atoms with Crippen molar-refractivity contribution in [3.05, 3.63) is 18.2 Å². The van der Waals surface area contributed by atoms with Gasteiger partial charge in [0.15, 0.2) is 0 Å². The molecule has 0 aliphatic carbocycles. The van der Waals surface area contributed by atoms with Crippen LogP contribution in [0, 0.1) is 0 Å². The van der Waals surface area contributed by atoms with Crippen LogP contribution < -0.4 is 21.5 Å². The number of ether oxygens (including phenoxy) is 1. The van der Waals surface area contributed by atoms with Crippen LogP contribution in [0.1, 0.15) is 20.8 Å². The minimum atomic E-state index is -3.79. The fourth-order valence-corrected chi connectivity index (χ4v) is 2.08. The Balaban J connectivity index is 2.54. The first-order chi connectivity index (χ1) is 9.99. The average Bonchev–Trinajstić information content (AvgIpc) is 2.33. The largest absolute Gasteiger partial charge is 0.444 e. The van der Waals surface area contributed by atoms with Gasteiger partial charge in [-0.2, -0.15) is 0 Å². The van der Waals surface area contributed by atoms with Gasteiger partial charge in [-0.15, -0.1) is 0 Å². The van der Waals surface area contributed by atoms with Crippen molar-refractivity contribution in [2.24, 2.45) is 5.14 Å². The summed E-state index contributed by atoms with van der Waals surface area (Å²) in [7, 11) is -3.79. The molecule has 22 heavy (non-hydrogen) atoms. The number of rotatable bonds is 5. The number of sulfonamides is 1. The summed E-state index contributed by atoms with van der Waals surface area (Å²) in [6.45, 7) is 5.93. The molecule has 0 heterocycles. The van der Waals surface area contributed by atoms with Gasteiger partial charge < -0.3 is 21.1 Å². The maximum atomic E-state index is 11.4. The van der Waals surface area contributed by atoms with Crippen molar-refractivity contribution in [3.8, 4) is 0 Å². The van der Waals surface area contributed by atoms with Crippen LogP contribution in [0.2, 0.25) is 0 Å². The first kappa shape index (κ1) is 18.1. The monoisotopic (exact) mass is 330 g/mol. The van der Waals surface area contributed by atoms with E-state index in [-0.39, 0.29) is 11.4 Å². The molecule has 1 rings (SSSR count). The van der Waals surface area contributed by atoms with Crippen molar-refractivity contribution in [1.82, 2.24) is 5.32 Å². The number of hydrogen-bond acceptors (Lipinski definition) is 6. The number of amides is 1. The lowest BCUT2D eigenvalue weighted by Gasteiger charge is -2.19. The van der Waals surface area contributed by atoms with Crippen molar-refractivity contribution in [2.75, 3.05) is 24.1 Å². The molecule has 6 N–H and O–H groups in total. The fraction of sp³-hybridized carbons (Fsp3) is 0.462. The van der Waals surface area contributed by atoms with E-state index in [1.807, 2.05) is 0 Å². The van der Waals surface area contributed by atoms with E-state index in [9.17, 15) is 13.2 Å². The zero-order valence-corrected chi connectivity index (χ0v) is 13.7. The number of carbonyl (C=O) groups excluding carboxylic acids is 1. The van der Waals surface area contributed by atoms with Crippen LogP contribution >= 0.6 is 0 Å². The Labute approximate surface area is 130 Å². The Morgan fingerprint density at radius 3 is 2.45 bits per heavy atom. The van der Waals surface area contributed by atoms with Gasteiger partial charge in [0, 0.05) is 13.1 Å². The summed E-state index contributed by atoms with van der Waals surface area (Å²) in [5.41, 5.74) is 5.99. The van der Waals surface area contributed by atoms with E-state index in [4.69, 9.17) is 15.6 Å². The second-order valence-electron chi connectivity index (χ2n) is 5.65. The Kier molecular flexibility index (Phi) is 5.61. The highest BCUT2D eigenvalue weighted by Gasteiger charge is 2.15. The Hall–Kier alpha value is -2.00. The van der Waals surface area contributed by atoms with Gasteiger partial charge in [-0.1, -0.05) is 0 Å². The van der Waals surface area contributed by atoms with Crippen LogP contribution in [0.5, 0.6) is 0 Å². The lowest BCUT2D eigenvalue weighted by atomic mass is 10.2. The molecule has 1 aromatic rings. The standard InChI is InChI=1S/C13H22N4O4S/c1-13(2,3)21-12(18)17-7-6-16-11-8-9(22(15,19)20)4-5-10(11)14/h4-5,8,16H,6-7,14H2,1-3H3,(H,17,18)(H2,15,19,20). The minimum Gasteiger partial charge on any atom is -0.444 e. The molecule has 124 valence electrons. The molecule has 0 atom stereocenters. The van der Waals surface area contributed by atoms with Crippen molar-refractivity contribution in [3.63, 3.8) is 0 Å². The lowest BCUT2D eigenvalue weighted by molar-refractivity contribution is 0.0530. The number of benzene rings is 1. The normalized spacial score (nSPS) is 11.8. The first-order valence-electron chi connectivity index (χ1n) is 6.62. The smallest absolute Gasteiger partial charge is 0.407 e. The van der Waals surface area contributed by atoms with Gasteiger partial charge in [0.25, 0.3) is 0 Å². The van der Waals surface area contributed by atoms with E-state index in [1.165, 1.54) is 18.2 Å². The number of alkyl carbamates (subject to hydrolysis) is 1. The van der Waals surface area contributed by atoms with Crippen LogP contribution in [0.15, 0.2) is 23.1 Å². The van der Waals surface area contributed by atoms with E-state index in [2.05, 4.69) is 10.6 Å². The maximum Gasteiger partial charge on any atom is 0.407 e. The van der Waals surface area contributed by atoms with E-state index in [0.29, 0.717) is 17.9 Å². The van der Waals surface area contributed by atoms with Crippen LogP contribution in [-0.4, -0.2) is 33.2 Å². The summed E-state index contributed by atoms with van der Waals surface area (Å²) in [4.78, 5) is 11.4. The van der Waals surface area contributed by atoms with Gasteiger partial charge >= 0.3 is 6.09 Å². The molecule has 8 nitrogen and oxygen atoms in total. The second kappa shape index (κ2) is 6.84. The van der Waals surface area contributed by atoms with Crippen molar-refractivity contribution < 1.29 is 17.9 Å². The molecule has 1 aromatic carbocycles. The Morgan fingerprint density at radius 1 is 1.27 bits per heavy atom. The van der Waals surface area contributed by atoms with Crippen LogP contribution in [0.4, 0.5) is 16.2 Å². The van der Waals surface area contributed by atoms with E-state index in [0.717, 1.165) is 0 Å². The van der Waals surface area contributed by atoms with Crippen molar-refractivity contribution in [2.45, 2.75) is 31.3 Å². The molecule has 0 saturated heterocycles. The lowest BCUT2D eigenvalue weighted by Crippen LogP contribution is -2.35. The second-order valence-corrected chi connectivity index (χ2v) is 7.21. The van der Waals surface area contributed by atoms with Crippen LogP contribution in [0.3, 0.4) is 0 Å². The Morgan fingerprint density at radius 2 is 1.91 bits per heavy atom. The highest BCUT2D eigenvalue weighted by Crippen LogP contribution is 2.21. The minimum absolute atomic E-state index is 0.0377. The molecule has 0 radical (unpaired) electrons. The van der Waals surface area contributed by atoms with Gasteiger partial charge in [-0.25, -0.2) is 18.4 Å². The molecule has 0 spiro atoms. The molecule has 0 fully saturated rings. The third-order valence-corrected chi connectivity index (χ3v) is 3.37. The highest BCUT2D eigenvalue weighted by atomic mass is 32.2. The maximum absolute atomic E-state index is 11.4. The number of primary sulfonamides is 1. The molecule has 1 amide bonds. The predicted octanol–water partition coefficient (Wildman–Crippen LogP) is 0.853. The van der Waals surface area contributed by atoms with Crippen molar-refractivity contribution >= 4 is 27.5 Å². The molecule has 0 bridgehead atoms. The summed E-state index contributed by atoms with van der Waals surface area (Å²) in [5.74, 6) is 0. The van der Waals surface area contributed by atoms with Crippen molar-refractivity contribution in [1.29, 1.82) is 0 Å². The summed E-state index contributed by atoms with van der Waals surface area (Å²) >= 11 is 0. The zero-order valence-electron chi connectivity index (χ0n) is 12.8. The highest BCUT2D eigenvalue weighted by molar-refractivity contribution is 7.89.